The molecule has 6 nitrogen and oxygen atoms in total. The molecular weight excluding hydrogens is 367 g/mol. The fraction of sp³-hybridized carbons (Fsp3) is 0.318. The third-order valence-electron chi connectivity index (χ3n) is 4.79. The Kier molecular flexibility index (Phi) is 6.59. The molecule has 0 aliphatic carbocycles. The molecule has 0 aliphatic rings. The van der Waals surface area contributed by atoms with E-state index in [4.69, 9.17) is 0 Å². The lowest BCUT2D eigenvalue weighted by atomic mass is 9.84. The lowest BCUT2D eigenvalue weighted by Gasteiger charge is -2.27. The van der Waals surface area contributed by atoms with Gasteiger partial charge >= 0.3 is 0 Å². The van der Waals surface area contributed by atoms with E-state index in [9.17, 15) is 4.39 Å². The molecule has 0 saturated heterocycles. The molecule has 0 bridgehead atoms. The number of hydrogen-bond donors (Lipinski definition) is 2. The normalized spacial score (nSPS) is 12.1. The first-order valence-corrected chi connectivity index (χ1v) is 9.57. The lowest BCUT2D eigenvalue weighted by molar-refractivity contribution is 0.503. The maximum absolute atomic E-state index is 13.6. The molecular formula is C22H27FN6. The molecule has 0 amide bonds. The molecule has 1 aromatic heterocycles. The molecule has 7 heteroatoms. The molecule has 1 heterocycles. The first kappa shape index (κ1) is 20.5. The number of aromatic nitrogens is 3. The summed E-state index contributed by atoms with van der Waals surface area (Å²) in [6.07, 6.45) is 3.24. The third kappa shape index (κ3) is 5.88. The Hall–Kier alpha value is -3.22. The maximum atomic E-state index is 13.6. The molecule has 0 radical (unpaired) electrons. The topological polar surface area (TPSA) is 67.1 Å². The molecule has 0 unspecified atom stereocenters. The Bertz CT molecular complexity index is 949. The summed E-state index contributed by atoms with van der Waals surface area (Å²) in [6.45, 7) is 6.11. The van der Waals surface area contributed by atoms with Gasteiger partial charge in [-0.1, -0.05) is 50.2 Å². The van der Waals surface area contributed by atoms with Crippen LogP contribution >= 0.6 is 0 Å². The highest BCUT2D eigenvalue weighted by molar-refractivity contribution is 5.79. The fourth-order valence-electron chi connectivity index (χ4n) is 3.06. The quantitative estimate of drug-likeness (QED) is 0.477. The predicted molar refractivity (Wildman–Crippen MR) is 113 cm³/mol. The Morgan fingerprint density at radius 2 is 1.90 bits per heavy atom. The number of rotatable bonds is 7. The standard InChI is InChI=1S/C22H27FN6/c1-22(2,19-8-5-9-20(23)11-19)14-27-21(24-3)26-12-17-6-4-7-18(10-17)13-29-16-25-15-28-29/h4-11,15-16H,12-14H2,1-3H3,(H2,24,26,27). The highest BCUT2D eigenvalue weighted by Crippen LogP contribution is 2.22. The molecule has 0 atom stereocenters. The Labute approximate surface area is 170 Å². The van der Waals surface area contributed by atoms with E-state index in [-0.39, 0.29) is 11.2 Å². The van der Waals surface area contributed by atoms with Crippen molar-refractivity contribution in [2.45, 2.75) is 32.4 Å². The van der Waals surface area contributed by atoms with Crippen LogP contribution in [0.25, 0.3) is 0 Å². The summed E-state index contributed by atoms with van der Waals surface area (Å²) < 4.78 is 15.4. The zero-order valence-corrected chi connectivity index (χ0v) is 17.1. The number of nitrogens with zero attached hydrogens (tertiary/aromatic N) is 4. The van der Waals surface area contributed by atoms with E-state index in [0.29, 0.717) is 25.6 Å². The van der Waals surface area contributed by atoms with Crippen molar-refractivity contribution in [3.63, 3.8) is 0 Å². The van der Waals surface area contributed by atoms with Crippen LogP contribution in [-0.4, -0.2) is 34.3 Å². The number of hydrogen-bond acceptors (Lipinski definition) is 3. The van der Waals surface area contributed by atoms with Gasteiger partial charge in [-0.3, -0.25) is 4.99 Å². The smallest absolute Gasteiger partial charge is 0.191 e. The van der Waals surface area contributed by atoms with E-state index < -0.39 is 0 Å². The van der Waals surface area contributed by atoms with Crippen molar-refractivity contribution in [1.29, 1.82) is 0 Å². The first-order chi connectivity index (χ1) is 14.0. The van der Waals surface area contributed by atoms with Crippen LogP contribution in [-0.2, 0) is 18.5 Å². The summed E-state index contributed by atoms with van der Waals surface area (Å²) in [6, 6.07) is 15.0. The second-order valence-corrected chi connectivity index (χ2v) is 7.59. The number of aliphatic imine (C=N–C) groups is 1. The number of guanidine groups is 1. The second-order valence-electron chi connectivity index (χ2n) is 7.59. The zero-order chi connectivity index (χ0) is 20.7. The number of nitrogens with one attached hydrogen (secondary N) is 2. The molecule has 29 heavy (non-hydrogen) atoms. The van der Waals surface area contributed by atoms with Crippen molar-refractivity contribution in [1.82, 2.24) is 25.4 Å². The van der Waals surface area contributed by atoms with Crippen molar-refractivity contribution < 1.29 is 4.39 Å². The third-order valence-corrected chi connectivity index (χ3v) is 4.79. The van der Waals surface area contributed by atoms with Crippen molar-refractivity contribution in [2.75, 3.05) is 13.6 Å². The number of benzene rings is 2. The molecule has 2 aromatic carbocycles. The van der Waals surface area contributed by atoms with Crippen LogP contribution < -0.4 is 10.6 Å². The average molecular weight is 394 g/mol. The molecule has 0 fully saturated rings. The minimum absolute atomic E-state index is 0.219. The summed E-state index contributed by atoms with van der Waals surface area (Å²) >= 11 is 0. The van der Waals surface area contributed by atoms with E-state index in [1.54, 1.807) is 30.2 Å². The minimum Gasteiger partial charge on any atom is -0.356 e. The lowest BCUT2D eigenvalue weighted by Crippen LogP contribution is -2.43. The van der Waals surface area contributed by atoms with Gasteiger partial charge < -0.3 is 10.6 Å². The molecule has 2 N–H and O–H groups in total. The highest BCUT2D eigenvalue weighted by Gasteiger charge is 2.21. The molecule has 3 rings (SSSR count). The van der Waals surface area contributed by atoms with Gasteiger partial charge in [0.2, 0.25) is 0 Å². The van der Waals surface area contributed by atoms with Crippen LogP contribution in [0.2, 0.25) is 0 Å². The largest absolute Gasteiger partial charge is 0.356 e. The summed E-state index contributed by atoms with van der Waals surface area (Å²) in [7, 11) is 1.74. The van der Waals surface area contributed by atoms with E-state index >= 15 is 0 Å². The SMILES string of the molecule is CN=C(NCc1cccc(Cn2cncn2)c1)NCC(C)(C)c1cccc(F)c1. The van der Waals surface area contributed by atoms with Gasteiger partial charge in [-0.25, -0.2) is 14.1 Å². The summed E-state index contributed by atoms with van der Waals surface area (Å²) in [5.41, 5.74) is 3.01. The number of halogens is 1. The molecule has 3 aromatic rings. The van der Waals surface area contributed by atoms with Gasteiger partial charge in [-0.05, 0) is 28.8 Å². The van der Waals surface area contributed by atoms with Crippen LogP contribution in [0.15, 0.2) is 66.2 Å². The van der Waals surface area contributed by atoms with Gasteiger partial charge in [0.1, 0.15) is 18.5 Å². The van der Waals surface area contributed by atoms with Crippen LogP contribution in [0.3, 0.4) is 0 Å². The average Bonchev–Trinajstić information content (AvgIpc) is 3.21. The molecule has 0 spiro atoms. The Balaban J connectivity index is 1.55. The van der Waals surface area contributed by atoms with E-state index in [1.807, 2.05) is 12.1 Å². The summed E-state index contributed by atoms with van der Waals surface area (Å²) in [5.74, 6) is 0.486. The van der Waals surface area contributed by atoms with Crippen molar-refractivity contribution in [2.24, 2.45) is 4.99 Å². The second kappa shape index (κ2) is 9.32. The van der Waals surface area contributed by atoms with Gasteiger partial charge in [0.05, 0.1) is 6.54 Å². The predicted octanol–water partition coefficient (Wildman–Crippen LogP) is 3.11. The van der Waals surface area contributed by atoms with Crippen molar-refractivity contribution >= 4 is 5.96 Å². The summed E-state index contributed by atoms with van der Waals surface area (Å²) in [5, 5.41) is 10.8. The first-order valence-electron chi connectivity index (χ1n) is 9.57. The van der Waals surface area contributed by atoms with E-state index in [0.717, 1.165) is 16.7 Å². The van der Waals surface area contributed by atoms with E-state index in [2.05, 4.69) is 57.8 Å². The Morgan fingerprint density at radius 3 is 2.62 bits per heavy atom. The van der Waals surface area contributed by atoms with Crippen LogP contribution in [0.5, 0.6) is 0 Å². The monoisotopic (exact) mass is 394 g/mol. The molecule has 0 aliphatic heterocycles. The van der Waals surface area contributed by atoms with Crippen LogP contribution in [0, 0.1) is 5.82 Å². The maximum Gasteiger partial charge on any atom is 0.191 e. The molecule has 152 valence electrons. The van der Waals surface area contributed by atoms with Crippen LogP contribution in [0.4, 0.5) is 4.39 Å². The Morgan fingerprint density at radius 1 is 1.10 bits per heavy atom. The molecule has 0 saturated carbocycles. The van der Waals surface area contributed by atoms with Gasteiger partial charge in [-0.15, -0.1) is 0 Å². The zero-order valence-electron chi connectivity index (χ0n) is 17.1. The van der Waals surface area contributed by atoms with Gasteiger partial charge in [0, 0.05) is 25.6 Å². The van der Waals surface area contributed by atoms with Crippen molar-refractivity contribution in [3.8, 4) is 0 Å². The van der Waals surface area contributed by atoms with Crippen LogP contribution in [0.1, 0.15) is 30.5 Å². The summed E-state index contributed by atoms with van der Waals surface area (Å²) in [4.78, 5) is 8.27. The van der Waals surface area contributed by atoms with Gasteiger partial charge in [0.25, 0.3) is 0 Å². The van der Waals surface area contributed by atoms with Crippen molar-refractivity contribution in [3.05, 3.63) is 83.7 Å². The highest BCUT2D eigenvalue weighted by atomic mass is 19.1. The van der Waals surface area contributed by atoms with Gasteiger partial charge in [-0.2, -0.15) is 5.10 Å². The van der Waals surface area contributed by atoms with E-state index in [1.165, 1.54) is 12.4 Å². The van der Waals surface area contributed by atoms with Gasteiger partial charge in [0.15, 0.2) is 5.96 Å². The minimum atomic E-state index is -0.239. The fourth-order valence-corrected chi connectivity index (χ4v) is 3.06.